The zero-order valence-corrected chi connectivity index (χ0v) is 120. The molecule has 12 saturated heterocycles. The second-order valence-electron chi connectivity index (χ2n) is 34.6. The normalized spacial score (nSPS) is 40.0. The van der Waals surface area contributed by atoms with Gasteiger partial charge in [-0.3, -0.25) is 0 Å². The quantitative estimate of drug-likeness (QED) is 0.0289. The Morgan fingerprint density at radius 1 is 0.458 bits per heavy atom. The van der Waals surface area contributed by atoms with Crippen molar-refractivity contribution in [2.75, 3.05) is 163 Å². The van der Waals surface area contributed by atoms with Crippen LogP contribution in [0.2, 0.25) is 0 Å². The SMILES string of the molecule is CC[N+](F)(CC)CC.CP.CPCl.N=O.S=S=S=S=S=S=S=S.[B][C@@H]1O[C@@](CO)(CCO)[C@H](C)C1C.[B][C@@H]1O[C@@](CO)(CCS)[C@H](C)C1C.[B][C@@H]1O[C@@]2(CCSP(C)(=O)SC2)[C@H](C)C1C.[B][C@@H]1O[C@@]2(CCSP(C)(=O)SC2)[C@H](OPC)C1C.[B][C@@H]1O[C@@]2(CCSP(C)(=S)SC2)[C@H](C)C1C.[B][C@@H]1O[C@@]2(CCSP(C)(=S)SC2)[C@H](OPC)C1C.[B][C@@H]1O[C@@]2(CCSP(C)SC2)[C@H](C)C1C.[CH3-].[CH3-].[CH3-].[CH3-].[CH3-].[Ni].[Ni].[Ni].[Ni].[Ni]. The van der Waals surface area contributed by atoms with Crippen LogP contribution in [0.5, 0.6) is 0 Å². The molecule has 14 radical (unpaired) electrons. The fraction of sp³-hybridized carbons (Fsp3) is 0.938. The molecule has 16 unspecified atom stereocenters. The second-order valence-corrected chi connectivity index (χ2v) is 100. The molecular formula is C81H166B7ClFN2Ni5O15P9S21-4. The molecule has 12 rings (SSSR count). The van der Waals surface area contributed by atoms with E-state index >= 15 is 0 Å². The van der Waals surface area contributed by atoms with E-state index < -0.39 is 31.2 Å². The average Bonchev–Trinajstić information content (AvgIpc) is 1.72. The van der Waals surface area contributed by atoms with Crippen LogP contribution in [0.3, 0.4) is 0 Å². The molecule has 850 valence electrons. The van der Waals surface area contributed by atoms with E-state index in [0.717, 1.165) is 83.9 Å². The minimum Gasteiger partial charge on any atom is -0.396 e. The third-order valence-corrected chi connectivity index (χ3v) is 80.3. The summed E-state index contributed by atoms with van der Waals surface area (Å²) in [5.41, 5.74) is -1.42. The Morgan fingerprint density at radius 2 is 0.718 bits per heavy atom. The van der Waals surface area contributed by atoms with Crippen molar-refractivity contribution >= 4 is 353 Å². The van der Waals surface area contributed by atoms with E-state index in [1.54, 1.807) is 69.7 Å². The first kappa shape index (κ1) is 174. The van der Waals surface area contributed by atoms with Crippen LogP contribution in [0.1, 0.15) is 149 Å². The molecule has 0 aromatic carbocycles. The standard InChI is InChI=1S/C10H19BO3P2S2.C10H19BO2P2S3.C10H18BO2PS2.C10H18BOPS3.C10H18BOPS2.C9H17BO3.C9H17BO2S.C6H15FN.CH4ClP.CH5P.5CH3.HNO.5Ni.S8/c1-7-8(14-15-2)10(13-9(7)11)4-5-17-16(3,12)18-6-10;1-7-8(13-14-2)10(12-9(7)11)4-5-17-15(3,16)18-6-10;1-7-8(2)10(13-9(7)11)4-5-15-14(3,12)16-6-10;1-7-8(2)10(12-9(7)11)4-5-15-13(3,14)16-6-10;1-7-8(2)10(12-9(7)11)4-5-14-13(3)15-6-10;1-6-7(2)9(5-12,3-4-11)13-8(6)10;1-6-7(2)9(5-11,3-4-13)12-8(6)10;1-4-8(7,5-2)6-3;1-3-2;1-2;;;;;;1-2;;;;;;1-3-5-7-8-6-4-2/h7-9,15H,4-6H2,1-3H3;7-9,14H,4-6H2,1-3H3;2*7-9H,4-6H2,1-3H3;7-9H,4-6H2,1-3H3;6-8,11-12H,3-5H2,1-2H3;6-8,11,13H,3-5H2,1-2H3;4-6H2,1-3H3;3H,1H3;2H2,1H3;5*1H3;1H;;;;;;/q;;;;;;;+1;;;5*-1;;;;;;;/t7?,8-,9-,10-,16?;7?,8-,9-,10-,15?;7?,8-,9-,10-,14?;2*7?,8-,9-,10-,13?;2*6?,7-,8-,9-;;;;;;;;;;;;;;;/m1111111.............../s1. The summed E-state index contributed by atoms with van der Waals surface area (Å²) in [4.78, 5) is 7.50. The van der Waals surface area contributed by atoms with E-state index in [9.17, 15) is 23.8 Å². The maximum Gasteiger partial charge on any atom is 0.188 e. The number of quaternary nitrogens is 1. The predicted molar refractivity (Wildman–Crippen MR) is 680 cm³/mol. The Balaban J connectivity index is -0.000000171. The summed E-state index contributed by atoms with van der Waals surface area (Å²) < 4.78 is 87.9. The van der Waals surface area contributed by atoms with Gasteiger partial charge in [-0.25, -0.2) is 0 Å². The van der Waals surface area contributed by atoms with Crippen LogP contribution >= 0.6 is 199 Å². The van der Waals surface area contributed by atoms with Crippen LogP contribution in [0.4, 0.5) is 4.48 Å². The minimum absolute atomic E-state index is 0. The Hall–Kier alpha value is 11.7. The van der Waals surface area contributed by atoms with Gasteiger partial charge in [0, 0.05) is 320 Å². The molecule has 12 aliphatic rings. The first-order valence-electron chi connectivity index (χ1n) is 44.2. The molecule has 4 N–H and O–H groups in total. The number of aliphatic hydroxyl groups excluding tert-OH is 3. The number of nitroso groups, excluding NO2 is 1. The monoisotopic (exact) mass is 2780 g/mol. The van der Waals surface area contributed by atoms with Gasteiger partial charge in [0.15, 0.2) is 11.1 Å². The summed E-state index contributed by atoms with van der Waals surface area (Å²) >= 11 is 48.0. The fourth-order valence-corrected chi connectivity index (χ4v) is 63.3. The number of halogens is 2. The summed E-state index contributed by atoms with van der Waals surface area (Å²) in [6.07, 6.45) is 6.59. The van der Waals surface area contributed by atoms with E-state index in [-0.39, 0.29) is 256 Å². The Kier molecular flexibility index (Phi) is 106. The van der Waals surface area contributed by atoms with Gasteiger partial charge in [-0.05, 0) is 177 Å². The van der Waals surface area contributed by atoms with Gasteiger partial charge in [0.25, 0.3) is 0 Å². The van der Waals surface area contributed by atoms with Crippen LogP contribution in [0.25, 0.3) is 0 Å². The maximum absolute atomic E-state index is 12.9. The number of nitrogens with zero attached hydrogens (tertiary/aromatic N) is 1. The first-order chi connectivity index (χ1) is 61.7. The average molecular weight is 2780 g/mol. The van der Waals surface area contributed by atoms with Crippen molar-refractivity contribution in [2.24, 2.45) is 71.0 Å². The molecule has 12 fully saturated rings. The van der Waals surface area contributed by atoms with Crippen molar-refractivity contribution in [1.29, 1.82) is 5.59 Å². The van der Waals surface area contributed by atoms with Crippen molar-refractivity contribution in [3.63, 3.8) is 0 Å². The van der Waals surface area contributed by atoms with Crippen LogP contribution < -0.4 is 0 Å². The van der Waals surface area contributed by atoms with E-state index in [2.05, 4.69) is 168 Å². The second kappa shape index (κ2) is 86.4. The van der Waals surface area contributed by atoms with Crippen molar-refractivity contribution < 1.29 is 158 Å². The summed E-state index contributed by atoms with van der Waals surface area (Å²) in [7, 11) is 54.7. The molecule has 0 saturated carbocycles. The Morgan fingerprint density at radius 3 is 0.986 bits per heavy atom. The molecule has 0 aliphatic carbocycles. The molecule has 0 aromatic heterocycles. The number of hydrogen-bond donors (Lipinski definition) is 5. The molecule has 5 spiro atoms. The van der Waals surface area contributed by atoms with Gasteiger partial charge in [0.2, 0.25) is 0 Å². The van der Waals surface area contributed by atoms with E-state index in [4.69, 9.17) is 142 Å². The number of aliphatic hydroxyl groups is 3. The zero-order valence-electron chi connectivity index (χ0n) is 88.1. The molecule has 61 heteroatoms. The fourth-order valence-electron chi connectivity index (χ4n) is 16.8. The van der Waals surface area contributed by atoms with Gasteiger partial charge < -0.3 is 104 Å². The smallest absolute Gasteiger partial charge is 0.188 e. The molecule has 37 atom stereocenters. The number of thiol groups is 1. The number of hydrogen-bond acceptors (Lipinski definition) is 31. The van der Waals surface area contributed by atoms with Gasteiger partial charge in [0.05, 0.1) is 62.3 Å². The minimum atomic E-state index is -2.13. The van der Waals surface area contributed by atoms with Crippen molar-refractivity contribution in [2.45, 2.75) is 242 Å². The predicted octanol–water partition coefficient (Wildman–Crippen LogP) is 23.3. The van der Waals surface area contributed by atoms with Crippen molar-refractivity contribution in [3.05, 3.63) is 42.0 Å². The summed E-state index contributed by atoms with van der Waals surface area (Å²) in [5, 5.41) is 27.5. The number of ether oxygens (including phenoxy) is 7. The summed E-state index contributed by atoms with van der Waals surface area (Å²) in [6, 6.07) is -1.35. The van der Waals surface area contributed by atoms with Crippen LogP contribution in [0.15, 0.2) is 0 Å². The molecule has 0 bridgehead atoms. The van der Waals surface area contributed by atoms with Crippen molar-refractivity contribution in [3.8, 4) is 0 Å². The van der Waals surface area contributed by atoms with Crippen LogP contribution in [-0.2, 0) is 233 Å². The van der Waals surface area contributed by atoms with Gasteiger partial charge in [0.1, 0.15) is 85.8 Å². The van der Waals surface area contributed by atoms with Gasteiger partial charge in [-0.15, -0.1) is 93.5 Å². The maximum atomic E-state index is 12.9. The van der Waals surface area contributed by atoms with E-state index in [1.165, 1.54) is 41.3 Å². The molecule has 0 amide bonds. The molecule has 17 nitrogen and oxygen atoms in total. The van der Waals surface area contributed by atoms with Gasteiger partial charge >= 0.3 is 0 Å². The van der Waals surface area contributed by atoms with E-state index in [0.29, 0.717) is 105 Å². The molecule has 0 aromatic rings. The summed E-state index contributed by atoms with van der Waals surface area (Å²) in [6.45, 7) is 51.5. The zero-order chi connectivity index (χ0) is 101. The molecule has 142 heavy (non-hydrogen) atoms. The summed E-state index contributed by atoms with van der Waals surface area (Å²) in [5.74, 6) is 15.0. The van der Waals surface area contributed by atoms with Crippen LogP contribution in [0, 0.1) is 119 Å². The Labute approximate surface area is 1020 Å². The number of rotatable bonds is 13. The Bertz CT molecular complexity index is 3650. The molecule has 12 aliphatic heterocycles. The third-order valence-electron chi connectivity index (χ3n) is 27.1. The largest absolute Gasteiger partial charge is 0.396 e. The van der Waals surface area contributed by atoms with E-state index in [1.807, 2.05) is 113 Å². The number of nitrogens with one attached hydrogen (secondary N) is 1. The van der Waals surface area contributed by atoms with Crippen molar-refractivity contribution in [1.82, 2.24) is 0 Å². The topological polar surface area (TPSA) is 219 Å². The molecule has 12 heterocycles. The van der Waals surface area contributed by atoms with Gasteiger partial charge in [-0.1, -0.05) is 164 Å². The van der Waals surface area contributed by atoms with Gasteiger partial charge in [-0.2, -0.15) is 17.5 Å². The van der Waals surface area contributed by atoms with Crippen LogP contribution in [-0.4, -0.2) is 331 Å². The molecular weight excluding hydrogens is 2620 g/mol. The third kappa shape index (κ3) is 54.4. The first-order valence-corrected chi connectivity index (χ1v) is 89.1.